The highest BCUT2D eigenvalue weighted by Gasteiger charge is 2.21. The monoisotopic (exact) mass is 357 g/mol. The highest BCUT2D eigenvalue weighted by molar-refractivity contribution is 7.22. The number of aromatic nitrogens is 3. The predicted molar refractivity (Wildman–Crippen MR) is 99.2 cm³/mol. The normalized spacial score (nSPS) is 14.8. The molecule has 0 aliphatic carbocycles. The molecule has 130 valence electrons. The number of hydrogen-bond donors (Lipinski definition) is 0. The molecule has 3 aromatic rings. The Bertz CT molecular complexity index is 876. The SMILES string of the molecule is COc1cc(N2CCN(c3nc4c(OC)cccc4s3)CC2)ncn1. The maximum Gasteiger partial charge on any atom is 0.218 e. The summed E-state index contributed by atoms with van der Waals surface area (Å²) in [7, 11) is 3.30. The molecule has 3 heterocycles. The van der Waals surface area contributed by atoms with Crippen LogP contribution in [0.25, 0.3) is 10.2 Å². The van der Waals surface area contributed by atoms with E-state index in [-0.39, 0.29) is 0 Å². The van der Waals surface area contributed by atoms with E-state index in [0.29, 0.717) is 5.88 Å². The van der Waals surface area contributed by atoms with Gasteiger partial charge < -0.3 is 19.3 Å². The van der Waals surface area contributed by atoms with Gasteiger partial charge in [0.1, 0.15) is 23.4 Å². The average molecular weight is 357 g/mol. The van der Waals surface area contributed by atoms with Crippen LogP contribution >= 0.6 is 11.3 Å². The zero-order chi connectivity index (χ0) is 17.2. The van der Waals surface area contributed by atoms with Crippen LogP contribution in [-0.4, -0.2) is 55.4 Å². The highest BCUT2D eigenvalue weighted by Crippen LogP contribution is 2.34. The maximum atomic E-state index is 5.42. The van der Waals surface area contributed by atoms with Crippen LogP contribution < -0.4 is 19.3 Å². The molecule has 0 radical (unpaired) electrons. The molecule has 1 fully saturated rings. The van der Waals surface area contributed by atoms with Gasteiger partial charge in [0, 0.05) is 32.2 Å². The first-order valence-electron chi connectivity index (χ1n) is 8.08. The molecule has 0 saturated carbocycles. The molecule has 1 aliphatic rings. The van der Waals surface area contributed by atoms with Gasteiger partial charge >= 0.3 is 0 Å². The van der Waals surface area contributed by atoms with Crippen molar-refractivity contribution in [2.45, 2.75) is 0 Å². The predicted octanol–water partition coefficient (Wildman–Crippen LogP) is 2.43. The topological polar surface area (TPSA) is 63.6 Å². The summed E-state index contributed by atoms with van der Waals surface area (Å²) in [5.41, 5.74) is 0.938. The Labute approximate surface area is 149 Å². The Kier molecular flexibility index (Phi) is 4.27. The molecule has 1 saturated heterocycles. The first kappa shape index (κ1) is 15.9. The Hall–Kier alpha value is -2.61. The third-order valence-electron chi connectivity index (χ3n) is 4.30. The molecule has 1 aliphatic heterocycles. The molecule has 7 nitrogen and oxygen atoms in total. The Morgan fingerprint density at radius 2 is 1.80 bits per heavy atom. The quantitative estimate of drug-likeness (QED) is 0.710. The smallest absolute Gasteiger partial charge is 0.218 e. The second-order valence-electron chi connectivity index (χ2n) is 5.70. The third-order valence-corrected chi connectivity index (χ3v) is 5.38. The lowest BCUT2D eigenvalue weighted by molar-refractivity contribution is 0.396. The number of thiazole rings is 1. The Morgan fingerprint density at radius 3 is 2.56 bits per heavy atom. The van der Waals surface area contributed by atoms with E-state index in [1.165, 1.54) is 0 Å². The standard InChI is InChI=1S/C17H19N5O2S/c1-23-12-4-3-5-13-16(12)20-17(25-13)22-8-6-21(7-9-22)14-10-15(24-2)19-11-18-14/h3-5,10-11H,6-9H2,1-2H3. The maximum absolute atomic E-state index is 5.42. The zero-order valence-electron chi connectivity index (χ0n) is 14.2. The first-order valence-corrected chi connectivity index (χ1v) is 8.89. The van der Waals surface area contributed by atoms with E-state index in [2.05, 4.69) is 25.8 Å². The number of ether oxygens (including phenoxy) is 2. The average Bonchev–Trinajstić information content (AvgIpc) is 3.12. The number of para-hydroxylation sites is 1. The van der Waals surface area contributed by atoms with Crippen LogP contribution in [0.15, 0.2) is 30.6 Å². The van der Waals surface area contributed by atoms with Crippen LogP contribution in [0.1, 0.15) is 0 Å². The van der Waals surface area contributed by atoms with Crippen LogP contribution in [0.3, 0.4) is 0 Å². The van der Waals surface area contributed by atoms with Gasteiger partial charge in [0.25, 0.3) is 0 Å². The molecule has 0 atom stereocenters. The van der Waals surface area contributed by atoms with E-state index in [0.717, 1.165) is 53.1 Å². The van der Waals surface area contributed by atoms with E-state index in [1.54, 1.807) is 31.9 Å². The van der Waals surface area contributed by atoms with Gasteiger partial charge in [-0.15, -0.1) is 0 Å². The minimum Gasteiger partial charge on any atom is -0.494 e. The minimum absolute atomic E-state index is 0.589. The van der Waals surface area contributed by atoms with Gasteiger partial charge in [-0.25, -0.2) is 15.0 Å². The molecule has 8 heteroatoms. The van der Waals surface area contributed by atoms with Crippen molar-refractivity contribution in [3.63, 3.8) is 0 Å². The number of hydrogen-bond acceptors (Lipinski definition) is 8. The lowest BCUT2D eigenvalue weighted by atomic mass is 10.3. The van der Waals surface area contributed by atoms with E-state index >= 15 is 0 Å². The van der Waals surface area contributed by atoms with Gasteiger partial charge in [-0.2, -0.15) is 0 Å². The molecule has 0 spiro atoms. The van der Waals surface area contributed by atoms with Gasteiger partial charge in [-0.1, -0.05) is 17.4 Å². The summed E-state index contributed by atoms with van der Waals surface area (Å²) < 4.78 is 11.7. The number of nitrogens with zero attached hydrogens (tertiary/aromatic N) is 5. The largest absolute Gasteiger partial charge is 0.494 e. The van der Waals surface area contributed by atoms with Crippen molar-refractivity contribution in [2.75, 3.05) is 50.2 Å². The Morgan fingerprint density at radius 1 is 1.00 bits per heavy atom. The number of fused-ring (bicyclic) bond motifs is 1. The van der Waals surface area contributed by atoms with E-state index in [4.69, 9.17) is 14.5 Å². The first-order chi connectivity index (χ1) is 12.3. The van der Waals surface area contributed by atoms with Crippen LogP contribution in [0, 0.1) is 0 Å². The molecule has 4 rings (SSSR count). The fourth-order valence-corrected chi connectivity index (χ4v) is 3.99. The van der Waals surface area contributed by atoms with Crippen LogP contribution in [-0.2, 0) is 0 Å². The second kappa shape index (κ2) is 6.72. The molecule has 0 amide bonds. The van der Waals surface area contributed by atoms with Crippen molar-refractivity contribution in [3.05, 3.63) is 30.6 Å². The summed E-state index contributed by atoms with van der Waals surface area (Å²) in [5, 5.41) is 1.04. The van der Waals surface area contributed by atoms with E-state index < -0.39 is 0 Å². The molecule has 0 unspecified atom stereocenters. The molecule has 0 N–H and O–H groups in total. The number of methoxy groups -OCH3 is 2. The Balaban J connectivity index is 1.50. The van der Waals surface area contributed by atoms with Crippen molar-refractivity contribution < 1.29 is 9.47 Å². The van der Waals surface area contributed by atoms with Gasteiger partial charge in [0.15, 0.2) is 5.13 Å². The van der Waals surface area contributed by atoms with Crippen LogP contribution in [0.4, 0.5) is 10.9 Å². The number of piperazine rings is 1. The van der Waals surface area contributed by atoms with Crippen molar-refractivity contribution >= 4 is 32.5 Å². The molecule has 0 bridgehead atoms. The van der Waals surface area contributed by atoms with E-state index in [9.17, 15) is 0 Å². The summed E-state index contributed by atoms with van der Waals surface area (Å²) in [6.45, 7) is 3.56. The van der Waals surface area contributed by atoms with Gasteiger partial charge in [-0.3, -0.25) is 0 Å². The number of anilines is 2. The summed E-state index contributed by atoms with van der Waals surface area (Å²) in [6, 6.07) is 7.91. The van der Waals surface area contributed by atoms with Crippen LogP contribution in [0.2, 0.25) is 0 Å². The van der Waals surface area contributed by atoms with Crippen molar-refractivity contribution in [3.8, 4) is 11.6 Å². The number of benzene rings is 1. The summed E-state index contributed by atoms with van der Waals surface area (Å²) in [5.74, 6) is 2.31. The van der Waals surface area contributed by atoms with Crippen LogP contribution in [0.5, 0.6) is 11.6 Å². The fourth-order valence-electron chi connectivity index (χ4n) is 2.95. The van der Waals surface area contributed by atoms with Crippen molar-refractivity contribution in [2.24, 2.45) is 0 Å². The second-order valence-corrected chi connectivity index (χ2v) is 6.71. The third kappa shape index (κ3) is 3.05. The number of rotatable bonds is 4. The molecule has 25 heavy (non-hydrogen) atoms. The van der Waals surface area contributed by atoms with Gasteiger partial charge in [0.2, 0.25) is 5.88 Å². The zero-order valence-corrected chi connectivity index (χ0v) is 15.0. The molecular weight excluding hydrogens is 338 g/mol. The molecular formula is C17H19N5O2S. The van der Waals surface area contributed by atoms with Crippen molar-refractivity contribution in [1.82, 2.24) is 15.0 Å². The highest BCUT2D eigenvalue weighted by atomic mass is 32.1. The lowest BCUT2D eigenvalue weighted by Crippen LogP contribution is -2.46. The minimum atomic E-state index is 0.589. The van der Waals surface area contributed by atoms with Gasteiger partial charge in [0.05, 0.1) is 18.9 Å². The molecule has 2 aromatic heterocycles. The van der Waals surface area contributed by atoms with E-state index in [1.807, 2.05) is 18.2 Å². The van der Waals surface area contributed by atoms with Gasteiger partial charge in [-0.05, 0) is 12.1 Å². The summed E-state index contributed by atoms with van der Waals surface area (Å²) >= 11 is 1.71. The summed E-state index contributed by atoms with van der Waals surface area (Å²) in [4.78, 5) is 17.8. The van der Waals surface area contributed by atoms with Crippen molar-refractivity contribution in [1.29, 1.82) is 0 Å². The lowest BCUT2D eigenvalue weighted by Gasteiger charge is -2.35. The fraction of sp³-hybridized carbons (Fsp3) is 0.353. The summed E-state index contributed by atoms with van der Waals surface area (Å²) in [6.07, 6.45) is 1.54. The molecule has 1 aromatic carbocycles.